The number of hydrogen-bond donors (Lipinski definition) is 1. The number of rotatable bonds is 6. The Kier molecular flexibility index (Phi) is 5.40. The quantitative estimate of drug-likeness (QED) is 0.639. The molecule has 1 fully saturated rings. The molecule has 0 spiro atoms. The molecule has 78 valence electrons. The molecule has 1 unspecified atom stereocenters. The maximum Gasteiger partial charge on any atom is 0.0431 e. The molecule has 2 heteroatoms. The summed E-state index contributed by atoms with van der Waals surface area (Å²) in [5.74, 6) is 0.958. The number of aliphatic hydroxyl groups is 1. The van der Waals surface area contributed by atoms with E-state index in [2.05, 4.69) is 11.8 Å². The first kappa shape index (κ1) is 11.0. The second kappa shape index (κ2) is 6.39. The minimum atomic E-state index is 0.353. The third-order valence-corrected chi connectivity index (χ3v) is 2.95. The Morgan fingerprint density at radius 1 is 1.38 bits per heavy atom. The SMILES string of the molecule is CCCC1CCN(CCCCO)C1. The molecule has 0 aromatic rings. The highest BCUT2D eigenvalue weighted by Crippen LogP contribution is 2.20. The molecule has 1 aliphatic rings. The van der Waals surface area contributed by atoms with Crippen LogP contribution in [0.3, 0.4) is 0 Å². The average Bonchev–Trinajstić information content (AvgIpc) is 2.54. The van der Waals surface area contributed by atoms with E-state index < -0.39 is 0 Å². The number of aliphatic hydroxyl groups excluding tert-OH is 1. The second-order valence-corrected chi connectivity index (χ2v) is 4.17. The van der Waals surface area contributed by atoms with Crippen molar-refractivity contribution in [3.05, 3.63) is 0 Å². The molecule has 1 heterocycles. The van der Waals surface area contributed by atoms with Crippen LogP contribution in [0.5, 0.6) is 0 Å². The van der Waals surface area contributed by atoms with E-state index in [-0.39, 0.29) is 0 Å². The van der Waals surface area contributed by atoms with Crippen LogP contribution in [0, 0.1) is 5.92 Å². The Morgan fingerprint density at radius 3 is 2.92 bits per heavy atom. The van der Waals surface area contributed by atoms with Gasteiger partial charge < -0.3 is 10.0 Å². The van der Waals surface area contributed by atoms with Crippen molar-refractivity contribution in [3.63, 3.8) is 0 Å². The summed E-state index contributed by atoms with van der Waals surface area (Å²) >= 11 is 0. The summed E-state index contributed by atoms with van der Waals surface area (Å²) in [6.45, 7) is 6.41. The molecule has 1 saturated heterocycles. The van der Waals surface area contributed by atoms with Crippen molar-refractivity contribution < 1.29 is 5.11 Å². The van der Waals surface area contributed by atoms with E-state index in [9.17, 15) is 0 Å². The smallest absolute Gasteiger partial charge is 0.0431 e. The van der Waals surface area contributed by atoms with Gasteiger partial charge in [-0.25, -0.2) is 0 Å². The van der Waals surface area contributed by atoms with Crippen molar-refractivity contribution in [3.8, 4) is 0 Å². The maximum atomic E-state index is 8.66. The Morgan fingerprint density at radius 2 is 2.23 bits per heavy atom. The summed E-state index contributed by atoms with van der Waals surface area (Å²) in [5.41, 5.74) is 0. The van der Waals surface area contributed by atoms with Gasteiger partial charge in [0, 0.05) is 13.2 Å². The minimum absolute atomic E-state index is 0.353. The van der Waals surface area contributed by atoms with Gasteiger partial charge >= 0.3 is 0 Å². The highest BCUT2D eigenvalue weighted by atomic mass is 16.2. The van der Waals surface area contributed by atoms with Crippen molar-refractivity contribution >= 4 is 0 Å². The first-order valence-corrected chi connectivity index (χ1v) is 5.70. The van der Waals surface area contributed by atoms with E-state index in [4.69, 9.17) is 5.11 Å². The zero-order chi connectivity index (χ0) is 9.52. The minimum Gasteiger partial charge on any atom is -0.396 e. The summed E-state index contributed by atoms with van der Waals surface area (Å²) in [6.07, 6.45) is 6.25. The van der Waals surface area contributed by atoms with E-state index in [1.807, 2.05) is 0 Å². The molecule has 0 saturated carbocycles. The molecule has 2 nitrogen and oxygen atoms in total. The highest BCUT2D eigenvalue weighted by molar-refractivity contribution is 4.74. The Balaban J connectivity index is 2.03. The molecule has 1 atom stereocenters. The fourth-order valence-corrected chi connectivity index (χ4v) is 2.21. The summed E-state index contributed by atoms with van der Waals surface area (Å²) in [7, 11) is 0. The van der Waals surface area contributed by atoms with Crippen LogP contribution in [0.15, 0.2) is 0 Å². The molecular formula is C11H23NO. The van der Waals surface area contributed by atoms with Gasteiger partial charge in [-0.3, -0.25) is 0 Å². The topological polar surface area (TPSA) is 23.5 Å². The summed E-state index contributed by atoms with van der Waals surface area (Å²) in [5, 5.41) is 8.66. The lowest BCUT2D eigenvalue weighted by Crippen LogP contribution is -2.22. The molecule has 13 heavy (non-hydrogen) atoms. The third kappa shape index (κ3) is 4.10. The normalized spacial score (nSPS) is 24.0. The van der Waals surface area contributed by atoms with Gasteiger partial charge in [0.05, 0.1) is 0 Å². The standard InChI is InChI=1S/C11H23NO/c1-2-5-11-6-8-12(10-11)7-3-4-9-13/h11,13H,2-10H2,1H3. The predicted molar refractivity (Wildman–Crippen MR) is 55.8 cm³/mol. The maximum absolute atomic E-state index is 8.66. The Labute approximate surface area is 81.9 Å². The van der Waals surface area contributed by atoms with E-state index in [0.29, 0.717) is 6.61 Å². The van der Waals surface area contributed by atoms with Crippen molar-refractivity contribution in [1.82, 2.24) is 4.90 Å². The zero-order valence-electron chi connectivity index (χ0n) is 8.84. The molecule has 1 aliphatic heterocycles. The number of unbranched alkanes of at least 4 members (excludes halogenated alkanes) is 1. The van der Waals surface area contributed by atoms with Crippen LogP contribution >= 0.6 is 0 Å². The van der Waals surface area contributed by atoms with E-state index in [1.165, 1.54) is 38.9 Å². The molecule has 0 aliphatic carbocycles. The number of hydrogen-bond acceptors (Lipinski definition) is 2. The van der Waals surface area contributed by atoms with Crippen LogP contribution in [0.2, 0.25) is 0 Å². The van der Waals surface area contributed by atoms with Gasteiger partial charge in [0.15, 0.2) is 0 Å². The Bertz CT molecular complexity index is 127. The zero-order valence-corrected chi connectivity index (χ0v) is 8.84. The molecule has 1 rings (SSSR count). The Hall–Kier alpha value is -0.0800. The van der Waals surface area contributed by atoms with E-state index >= 15 is 0 Å². The van der Waals surface area contributed by atoms with Crippen LogP contribution in [0.4, 0.5) is 0 Å². The molecule has 0 bridgehead atoms. The number of likely N-dealkylation sites (tertiary alicyclic amines) is 1. The monoisotopic (exact) mass is 185 g/mol. The molecule has 0 amide bonds. The van der Waals surface area contributed by atoms with Crippen LogP contribution < -0.4 is 0 Å². The average molecular weight is 185 g/mol. The molecule has 1 N–H and O–H groups in total. The van der Waals surface area contributed by atoms with Gasteiger partial charge in [0.2, 0.25) is 0 Å². The van der Waals surface area contributed by atoms with Crippen LogP contribution in [-0.2, 0) is 0 Å². The molecule has 0 radical (unpaired) electrons. The summed E-state index contributed by atoms with van der Waals surface area (Å²) < 4.78 is 0. The summed E-state index contributed by atoms with van der Waals surface area (Å²) in [4.78, 5) is 2.55. The van der Waals surface area contributed by atoms with Crippen LogP contribution in [-0.4, -0.2) is 36.2 Å². The fourth-order valence-electron chi connectivity index (χ4n) is 2.21. The van der Waals surface area contributed by atoms with Gasteiger partial charge in [-0.05, 0) is 44.7 Å². The van der Waals surface area contributed by atoms with Gasteiger partial charge in [-0.15, -0.1) is 0 Å². The second-order valence-electron chi connectivity index (χ2n) is 4.17. The van der Waals surface area contributed by atoms with Crippen molar-refractivity contribution in [1.29, 1.82) is 0 Å². The van der Waals surface area contributed by atoms with E-state index in [0.717, 1.165) is 18.8 Å². The lowest BCUT2D eigenvalue weighted by Gasteiger charge is -2.15. The van der Waals surface area contributed by atoms with Crippen molar-refractivity contribution in [2.45, 2.75) is 39.0 Å². The third-order valence-electron chi connectivity index (χ3n) is 2.95. The lowest BCUT2D eigenvalue weighted by atomic mass is 10.0. The van der Waals surface area contributed by atoms with Crippen molar-refractivity contribution in [2.24, 2.45) is 5.92 Å². The largest absolute Gasteiger partial charge is 0.396 e. The van der Waals surface area contributed by atoms with Crippen LogP contribution in [0.1, 0.15) is 39.0 Å². The van der Waals surface area contributed by atoms with E-state index in [1.54, 1.807) is 0 Å². The first-order valence-electron chi connectivity index (χ1n) is 5.70. The summed E-state index contributed by atoms with van der Waals surface area (Å²) in [6, 6.07) is 0. The van der Waals surface area contributed by atoms with Gasteiger partial charge in [0.25, 0.3) is 0 Å². The van der Waals surface area contributed by atoms with Gasteiger partial charge in [-0.2, -0.15) is 0 Å². The highest BCUT2D eigenvalue weighted by Gasteiger charge is 2.20. The lowest BCUT2D eigenvalue weighted by molar-refractivity contribution is 0.260. The van der Waals surface area contributed by atoms with Crippen molar-refractivity contribution in [2.75, 3.05) is 26.2 Å². The number of nitrogens with zero attached hydrogens (tertiary/aromatic N) is 1. The molecule has 0 aromatic heterocycles. The van der Waals surface area contributed by atoms with Gasteiger partial charge in [-0.1, -0.05) is 13.3 Å². The first-order chi connectivity index (χ1) is 6.36. The van der Waals surface area contributed by atoms with Crippen LogP contribution in [0.25, 0.3) is 0 Å². The fraction of sp³-hybridized carbons (Fsp3) is 1.00. The molecule has 0 aromatic carbocycles. The predicted octanol–water partition coefficient (Wildman–Crippen LogP) is 1.88. The molecular weight excluding hydrogens is 162 g/mol. The van der Waals surface area contributed by atoms with Gasteiger partial charge in [0.1, 0.15) is 0 Å².